The zero-order valence-electron chi connectivity index (χ0n) is 7.01. The van der Waals surface area contributed by atoms with Gasteiger partial charge in [0.05, 0.1) is 5.69 Å². The summed E-state index contributed by atoms with van der Waals surface area (Å²) in [7, 11) is 0. The van der Waals surface area contributed by atoms with Crippen LogP contribution in [0.2, 0.25) is 0 Å². The zero-order chi connectivity index (χ0) is 9.26. The fraction of sp³-hybridized carbons (Fsp3) is 0. The van der Waals surface area contributed by atoms with E-state index in [1.165, 1.54) is 0 Å². The second-order valence-corrected chi connectivity index (χ2v) is 2.84. The van der Waals surface area contributed by atoms with Gasteiger partial charge in [0, 0.05) is 18.1 Å². The van der Waals surface area contributed by atoms with Crippen molar-refractivity contribution in [1.29, 1.82) is 0 Å². The van der Waals surface area contributed by atoms with Crippen LogP contribution in [0.1, 0.15) is 0 Å². The Balaban J connectivity index is 2.57. The van der Waals surface area contributed by atoms with E-state index < -0.39 is 0 Å². The molecule has 0 aliphatic rings. The van der Waals surface area contributed by atoms with Gasteiger partial charge in [-0.15, -0.1) is 0 Å². The predicted octanol–water partition coefficient (Wildman–Crippen LogP) is 1.77. The average Bonchev–Trinajstić information content (AvgIpc) is 2.61. The molecule has 66 valence electrons. The minimum atomic E-state index is 0.227. The molecule has 0 unspecified atom stereocenters. The summed E-state index contributed by atoms with van der Waals surface area (Å²) < 4.78 is 1.81. The Labute approximate surface area is 76.0 Å². The van der Waals surface area contributed by atoms with Crippen molar-refractivity contribution in [2.45, 2.75) is 0 Å². The van der Waals surface area contributed by atoms with E-state index in [1.54, 1.807) is 18.2 Å². The van der Waals surface area contributed by atoms with Gasteiger partial charge in [-0.25, -0.2) is 0 Å². The lowest BCUT2D eigenvalue weighted by atomic mass is 10.2. The highest BCUT2D eigenvalue weighted by molar-refractivity contribution is 5.55. The van der Waals surface area contributed by atoms with E-state index in [1.807, 2.05) is 29.1 Å². The van der Waals surface area contributed by atoms with E-state index >= 15 is 0 Å². The topological polar surface area (TPSA) is 51.2 Å². The molecule has 0 fully saturated rings. The van der Waals surface area contributed by atoms with E-state index in [4.69, 9.17) is 5.73 Å². The summed E-state index contributed by atoms with van der Waals surface area (Å²) in [6.07, 6.45) is 3.71. The molecule has 0 atom stereocenters. The fourth-order valence-electron chi connectivity index (χ4n) is 1.24. The van der Waals surface area contributed by atoms with Crippen molar-refractivity contribution in [3.63, 3.8) is 0 Å². The van der Waals surface area contributed by atoms with Crippen LogP contribution < -0.4 is 5.73 Å². The molecule has 0 saturated carbocycles. The van der Waals surface area contributed by atoms with Crippen molar-refractivity contribution in [1.82, 2.24) is 4.57 Å². The van der Waals surface area contributed by atoms with E-state index in [0.29, 0.717) is 11.4 Å². The Morgan fingerprint density at radius 2 is 1.85 bits per heavy atom. The minimum absolute atomic E-state index is 0.227. The second kappa shape index (κ2) is 2.86. The van der Waals surface area contributed by atoms with Gasteiger partial charge < -0.3 is 15.4 Å². The summed E-state index contributed by atoms with van der Waals surface area (Å²) in [6.45, 7) is 0. The lowest BCUT2D eigenvalue weighted by molar-refractivity contribution is 0.472. The number of phenolic OH excluding ortho intramolecular Hbond substituents is 1. The standard InChI is InChI=1S/C10H10N2O/c11-8-3-4-10(13)9(7-8)12-5-1-2-6-12/h1-7,13H,11H2. The van der Waals surface area contributed by atoms with Crippen LogP contribution in [0.25, 0.3) is 5.69 Å². The number of benzene rings is 1. The highest BCUT2D eigenvalue weighted by atomic mass is 16.3. The molecule has 13 heavy (non-hydrogen) atoms. The van der Waals surface area contributed by atoms with E-state index in [0.717, 1.165) is 0 Å². The monoisotopic (exact) mass is 174 g/mol. The van der Waals surface area contributed by atoms with Crippen LogP contribution in [0, 0.1) is 0 Å². The number of phenols is 1. The first-order valence-electron chi connectivity index (χ1n) is 3.99. The van der Waals surface area contributed by atoms with Crippen LogP contribution in [-0.4, -0.2) is 9.67 Å². The smallest absolute Gasteiger partial charge is 0.139 e. The number of aromatic hydroxyl groups is 1. The highest BCUT2D eigenvalue weighted by Crippen LogP contribution is 2.23. The molecule has 1 heterocycles. The van der Waals surface area contributed by atoms with Crippen molar-refractivity contribution >= 4 is 5.69 Å². The Bertz CT molecular complexity index is 407. The molecule has 0 bridgehead atoms. The summed E-state index contributed by atoms with van der Waals surface area (Å²) in [5.41, 5.74) is 6.95. The number of nitrogen functional groups attached to an aromatic ring is 1. The third-order valence-electron chi connectivity index (χ3n) is 1.88. The molecule has 3 nitrogen and oxygen atoms in total. The summed E-state index contributed by atoms with van der Waals surface area (Å²) in [6, 6.07) is 8.77. The van der Waals surface area contributed by atoms with E-state index in [-0.39, 0.29) is 5.75 Å². The Morgan fingerprint density at radius 3 is 2.54 bits per heavy atom. The molecule has 0 amide bonds. The predicted molar refractivity (Wildman–Crippen MR) is 51.8 cm³/mol. The zero-order valence-corrected chi connectivity index (χ0v) is 7.01. The minimum Gasteiger partial charge on any atom is -0.506 e. The third kappa shape index (κ3) is 1.36. The normalized spacial score (nSPS) is 10.2. The molecular formula is C10H10N2O. The molecule has 1 aromatic heterocycles. The molecule has 0 saturated heterocycles. The van der Waals surface area contributed by atoms with Gasteiger partial charge in [-0.1, -0.05) is 0 Å². The molecule has 3 N–H and O–H groups in total. The van der Waals surface area contributed by atoms with Crippen molar-refractivity contribution < 1.29 is 5.11 Å². The molecule has 0 spiro atoms. The van der Waals surface area contributed by atoms with Crippen molar-refractivity contribution in [2.24, 2.45) is 0 Å². The molecule has 0 radical (unpaired) electrons. The van der Waals surface area contributed by atoms with E-state index in [2.05, 4.69) is 0 Å². The largest absolute Gasteiger partial charge is 0.506 e. The van der Waals surface area contributed by atoms with Crippen LogP contribution >= 0.6 is 0 Å². The van der Waals surface area contributed by atoms with Gasteiger partial charge in [0.1, 0.15) is 5.75 Å². The summed E-state index contributed by atoms with van der Waals surface area (Å²) in [5.74, 6) is 0.227. The fourth-order valence-corrected chi connectivity index (χ4v) is 1.24. The molecule has 2 rings (SSSR count). The van der Waals surface area contributed by atoms with Crippen molar-refractivity contribution in [2.75, 3.05) is 5.73 Å². The van der Waals surface area contributed by atoms with Crippen LogP contribution in [0.5, 0.6) is 5.75 Å². The second-order valence-electron chi connectivity index (χ2n) is 2.84. The first kappa shape index (κ1) is 7.73. The Kier molecular flexibility index (Phi) is 1.70. The molecule has 1 aromatic carbocycles. The average molecular weight is 174 g/mol. The first-order chi connectivity index (χ1) is 6.27. The lowest BCUT2D eigenvalue weighted by Gasteiger charge is -2.06. The van der Waals surface area contributed by atoms with Gasteiger partial charge in [0.15, 0.2) is 0 Å². The summed E-state index contributed by atoms with van der Waals surface area (Å²) in [4.78, 5) is 0. The van der Waals surface area contributed by atoms with Gasteiger partial charge in [0.25, 0.3) is 0 Å². The summed E-state index contributed by atoms with van der Waals surface area (Å²) in [5, 5.41) is 9.53. The van der Waals surface area contributed by atoms with Crippen molar-refractivity contribution in [3.05, 3.63) is 42.7 Å². The van der Waals surface area contributed by atoms with Crippen LogP contribution in [0.15, 0.2) is 42.7 Å². The quantitative estimate of drug-likeness (QED) is 0.511. The first-order valence-corrected chi connectivity index (χ1v) is 3.99. The maximum Gasteiger partial charge on any atom is 0.139 e. The molecule has 0 aliphatic carbocycles. The SMILES string of the molecule is Nc1ccc(O)c(-n2cccc2)c1. The van der Waals surface area contributed by atoms with Crippen LogP contribution in [0.3, 0.4) is 0 Å². The van der Waals surface area contributed by atoms with Gasteiger partial charge in [-0.05, 0) is 30.3 Å². The maximum absolute atomic E-state index is 9.53. The van der Waals surface area contributed by atoms with Crippen LogP contribution in [0.4, 0.5) is 5.69 Å². The lowest BCUT2D eigenvalue weighted by Crippen LogP contribution is -1.92. The number of hydrogen-bond acceptors (Lipinski definition) is 2. The van der Waals surface area contributed by atoms with Gasteiger partial charge in [-0.2, -0.15) is 0 Å². The number of anilines is 1. The number of rotatable bonds is 1. The molecule has 0 aliphatic heterocycles. The number of nitrogens with zero attached hydrogens (tertiary/aromatic N) is 1. The third-order valence-corrected chi connectivity index (χ3v) is 1.88. The highest BCUT2D eigenvalue weighted by Gasteiger charge is 2.01. The van der Waals surface area contributed by atoms with Crippen LogP contribution in [-0.2, 0) is 0 Å². The maximum atomic E-state index is 9.53. The molecular weight excluding hydrogens is 164 g/mol. The van der Waals surface area contributed by atoms with Gasteiger partial charge >= 0.3 is 0 Å². The molecule has 2 aromatic rings. The number of aromatic nitrogens is 1. The molecule has 3 heteroatoms. The van der Waals surface area contributed by atoms with Gasteiger partial charge in [-0.3, -0.25) is 0 Å². The Hall–Kier alpha value is -1.90. The van der Waals surface area contributed by atoms with Gasteiger partial charge in [0.2, 0.25) is 0 Å². The number of hydrogen-bond donors (Lipinski definition) is 2. The number of nitrogens with two attached hydrogens (primary N) is 1. The summed E-state index contributed by atoms with van der Waals surface area (Å²) >= 11 is 0. The van der Waals surface area contributed by atoms with Crippen molar-refractivity contribution in [3.8, 4) is 11.4 Å². The Morgan fingerprint density at radius 1 is 1.15 bits per heavy atom. The van der Waals surface area contributed by atoms with E-state index in [9.17, 15) is 5.11 Å².